The quantitative estimate of drug-likeness (QED) is 0.541. The lowest BCUT2D eigenvalue weighted by atomic mass is 9.99. The molecular formula is C26H26ClFN4O3. The van der Waals surface area contributed by atoms with E-state index in [2.05, 4.69) is 15.0 Å². The fourth-order valence-electron chi connectivity index (χ4n) is 3.77. The molecule has 0 saturated carbocycles. The lowest BCUT2D eigenvalue weighted by molar-refractivity contribution is 0.0738. The third-order valence-electron chi connectivity index (χ3n) is 5.69. The maximum absolute atomic E-state index is 13.3. The highest BCUT2D eigenvalue weighted by Crippen LogP contribution is 2.28. The summed E-state index contributed by atoms with van der Waals surface area (Å²) in [5.41, 5.74) is 2.14. The first-order chi connectivity index (χ1) is 16.5. The molecule has 35 heavy (non-hydrogen) atoms. The number of rotatable bonds is 6. The van der Waals surface area contributed by atoms with Crippen LogP contribution in [-0.2, 0) is 12.2 Å². The van der Waals surface area contributed by atoms with Gasteiger partial charge >= 0.3 is 0 Å². The summed E-state index contributed by atoms with van der Waals surface area (Å²) in [6, 6.07) is 9.89. The summed E-state index contributed by atoms with van der Waals surface area (Å²) in [4.78, 5) is 26.5. The SMILES string of the molecule is Cc1cc(OCc2ccc(F)cn2)c(Cl)c(=O)n1C1=CC(c2cccc(C(C)(C)O)n2)=NC[C@H]1C. The Morgan fingerprint density at radius 1 is 1.29 bits per heavy atom. The Morgan fingerprint density at radius 3 is 2.74 bits per heavy atom. The first kappa shape index (κ1) is 24.8. The van der Waals surface area contributed by atoms with Gasteiger partial charge in [0.1, 0.15) is 28.8 Å². The first-order valence-electron chi connectivity index (χ1n) is 11.2. The third kappa shape index (κ3) is 5.33. The van der Waals surface area contributed by atoms with Crippen molar-refractivity contribution in [2.45, 2.75) is 39.9 Å². The average molecular weight is 497 g/mol. The molecule has 0 saturated heterocycles. The Hall–Kier alpha value is -3.36. The molecule has 1 atom stereocenters. The average Bonchev–Trinajstić information content (AvgIpc) is 2.82. The summed E-state index contributed by atoms with van der Waals surface area (Å²) in [7, 11) is 0. The number of dihydropyridines is 1. The number of halogens is 2. The Labute approximate surface area is 207 Å². The smallest absolute Gasteiger partial charge is 0.277 e. The monoisotopic (exact) mass is 496 g/mol. The van der Waals surface area contributed by atoms with Crippen molar-refractivity contribution in [3.8, 4) is 5.75 Å². The molecule has 0 aromatic carbocycles. The molecule has 3 aromatic heterocycles. The fourth-order valence-corrected chi connectivity index (χ4v) is 3.96. The van der Waals surface area contributed by atoms with Gasteiger partial charge in [-0.15, -0.1) is 0 Å². The number of aromatic nitrogens is 3. The Kier molecular flexibility index (Phi) is 6.87. The van der Waals surface area contributed by atoms with Crippen LogP contribution >= 0.6 is 11.6 Å². The molecule has 1 N–H and O–H groups in total. The molecule has 0 radical (unpaired) electrons. The second kappa shape index (κ2) is 9.71. The molecule has 4 rings (SSSR count). The van der Waals surface area contributed by atoms with Crippen LogP contribution in [0.5, 0.6) is 5.75 Å². The molecular weight excluding hydrogens is 471 g/mol. The molecule has 3 aromatic rings. The van der Waals surface area contributed by atoms with Crippen LogP contribution < -0.4 is 10.3 Å². The highest BCUT2D eigenvalue weighted by Gasteiger charge is 2.24. The molecule has 0 fully saturated rings. The van der Waals surface area contributed by atoms with Crippen molar-refractivity contribution in [1.29, 1.82) is 0 Å². The molecule has 0 unspecified atom stereocenters. The zero-order chi connectivity index (χ0) is 25.3. The maximum Gasteiger partial charge on any atom is 0.277 e. The number of aliphatic imine (C=N–C) groups is 1. The van der Waals surface area contributed by atoms with Crippen molar-refractivity contribution in [3.05, 3.63) is 92.6 Å². The van der Waals surface area contributed by atoms with E-state index in [0.717, 1.165) is 11.9 Å². The molecule has 0 bridgehead atoms. The fraction of sp³-hybridized carbons (Fsp3) is 0.308. The van der Waals surface area contributed by atoms with Crippen LogP contribution in [0.4, 0.5) is 4.39 Å². The zero-order valence-corrected chi connectivity index (χ0v) is 20.7. The number of pyridine rings is 3. The highest BCUT2D eigenvalue weighted by molar-refractivity contribution is 6.31. The van der Waals surface area contributed by atoms with Crippen molar-refractivity contribution < 1.29 is 14.2 Å². The number of hydrogen-bond donors (Lipinski definition) is 1. The van der Waals surface area contributed by atoms with Gasteiger partial charge in [-0.25, -0.2) is 9.37 Å². The predicted octanol–water partition coefficient (Wildman–Crippen LogP) is 4.53. The summed E-state index contributed by atoms with van der Waals surface area (Å²) >= 11 is 6.42. The van der Waals surface area contributed by atoms with E-state index < -0.39 is 17.0 Å². The van der Waals surface area contributed by atoms with Gasteiger partial charge in [0.15, 0.2) is 0 Å². The van der Waals surface area contributed by atoms with Crippen molar-refractivity contribution in [1.82, 2.24) is 14.5 Å². The molecule has 182 valence electrons. The van der Waals surface area contributed by atoms with E-state index in [1.54, 1.807) is 37.5 Å². The van der Waals surface area contributed by atoms with Crippen molar-refractivity contribution in [2.75, 3.05) is 6.54 Å². The molecule has 4 heterocycles. The van der Waals surface area contributed by atoms with Crippen LogP contribution in [0.1, 0.15) is 43.5 Å². The summed E-state index contributed by atoms with van der Waals surface area (Å²) in [6.07, 6.45) is 2.93. The van der Waals surface area contributed by atoms with E-state index >= 15 is 0 Å². The standard InChI is InChI=1S/C26H26ClFN4O3/c1-15-12-30-20(19-6-5-7-23(31-19)26(3,4)34)11-21(15)32-16(2)10-22(24(27)25(32)33)35-14-18-9-8-17(28)13-29-18/h5-11,13,15,34H,12,14H2,1-4H3/t15-/m1/s1. The van der Waals surface area contributed by atoms with Crippen LogP contribution in [0.2, 0.25) is 5.02 Å². The molecule has 0 spiro atoms. The summed E-state index contributed by atoms with van der Waals surface area (Å²) in [5, 5.41) is 10.3. The van der Waals surface area contributed by atoms with E-state index in [9.17, 15) is 14.3 Å². The van der Waals surface area contributed by atoms with Crippen LogP contribution in [0.3, 0.4) is 0 Å². The van der Waals surface area contributed by atoms with Crippen LogP contribution in [-0.4, -0.2) is 31.9 Å². The first-order valence-corrected chi connectivity index (χ1v) is 11.5. The number of aryl methyl sites for hydroxylation is 1. The van der Waals surface area contributed by atoms with Crippen molar-refractivity contribution >= 4 is 23.0 Å². The molecule has 0 amide bonds. The number of hydrogen-bond acceptors (Lipinski definition) is 6. The van der Waals surface area contributed by atoms with Gasteiger partial charge < -0.3 is 9.84 Å². The lowest BCUT2D eigenvalue weighted by Gasteiger charge is -2.24. The van der Waals surface area contributed by atoms with E-state index in [1.807, 2.05) is 25.1 Å². The molecule has 9 heteroatoms. The normalized spacial score (nSPS) is 16.0. The molecule has 0 aliphatic carbocycles. The van der Waals surface area contributed by atoms with Gasteiger partial charge in [0.05, 0.1) is 29.0 Å². The summed E-state index contributed by atoms with van der Waals surface area (Å²) in [6.45, 7) is 7.64. The van der Waals surface area contributed by atoms with Crippen molar-refractivity contribution in [2.24, 2.45) is 10.9 Å². The minimum atomic E-state index is -1.09. The van der Waals surface area contributed by atoms with Gasteiger partial charge in [0, 0.05) is 29.9 Å². The Balaban J connectivity index is 1.67. The minimum Gasteiger partial charge on any atom is -0.485 e. The van der Waals surface area contributed by atoms with Gasteiger partial charge in [-0.2, -0.15) is 0 Å². The largest absolute Gasteiger partial charge is 0.485 e. The third-order valence-corrected chi connectivity index (χ3v) is 6.03. The van der Waals surface area contributed by atoms with Gasteiger partial charge in [0.25, 0.3) is 5.56 Å². The van der Waals surface area contributed by atoms with Gasteiger partial charge in [-0.1, -0.05) is 24.6 Å². The highest BCUT2D eigenvalue weighted by atomic mass is 35.5. The lowest BCUT2D eigenvalue weighted by Crippen LogP contribution is -2.29. The van der Waals surface area contributed by atoms with E-state index in [-0.39, 0.29) is 23.3 Å². The van der Waals surface area contributed by atoms with Crippen LogP contribution in [0.15, 0.2) is 58.5 Å². The van der Waals surface area contributed by atoms with Crippen LogP contribution in [0, 0.1) is 18.7 Å². The van der Waals surface area contributed by atoms with Crippen LogP contribution in [0.25, 0.3) is 5.70 Å². The number of allylic oxidation sites excluding steroid dienone is 1. The Morgan fingerprint density at radius 2 is 2.06 bits per heavy atom. The predicted molar refractivity (Wildman–Crippen MR) is 133 cm³/mol. The minimum absolute atomic E-state index is 0.0427. The zero-order valence-electron chi connectivity index (χ0n) is 19.9. The molecule has 7 nitrogen and oxygen atoms in total. The number of nitrogens with zero attached hydrogens (tertiary/aromatic N) is 4. The summed E-state index contributed by atoms with van der Waals surface area (Å²) < 4.78 is 20.4. The van der Waals surface area contributed by atoms with Gasteiger partial charge in [0.2, 0.25) is 0 Å². The second-order valence-electron chi connectivity index (χ2n) is 9.02. The second-order valence-corrected chi connectivity index (χ2v) is 9.40. The van der Waals surface area contributed by atoms with Gasteiger partial charge in [-0.3, -0.25) is 19.3 Å². The number of ether oxygens (including phenoxy) is 1. The molecule has 1 aliphatic rings. The molecule has 1 aliphatic heterocycles. The van der Waals surface area contributed by atoms with E-state index in [1.165, 1.54) is 12.1 Å². The van der Waals surface area contributed by atoms with Gasteiger partial charge in [-0.05, 0) is 51.1 Å². The maximum atomic E-state index is 13.3. The Bertz CT molecular complexity index is 1370. The van der Waals surface area contributed by atoms with E-state index in [4.69, 9.17) is 16.3 Å². The summed E-state index contributed by atoms with van der Waals surface area (Å²) in [5.74, 6) is -0.252. The topological polar surface area (TPSA) is 89.6 Å². The number of aliphatic hydroxyl groups is 1. The van der Waals surface area contributed by atoms with E-state index in [0.29, 0.717) is 35.0 Å². The van der Waals surface area contributed by atoms with Crippen molar-refractivity contribution in [3.63, 3.8) is 0 Å².